The normalized spacial score (nSPS) is 20.2. The fraction of sp³-hybridized carbons (Fsp3) is 0.300. The van der Waals surface area contributed by atoms with Crippen molar-refractivity contribution >= 4 is 11.6 Å². The molecule has 3 heteroatoms. The molecule has 2 atom stereocenters. The third-order valence-corrected chi connectivity index (χ3v) is 4.47. The van der Waals surface area contributed by atoms with Gasteiger partial charge in [0.1, 0.15) is 0 Å². The largest absolute Gasteiger partial charge is 0.273 e. The molecule has 0 spiro atoms. The Morgan fingerprint density at radius 3 is 2.61 bits per heavy atom. The number of benzene rings is 2. The molecule has 2 aromatic rings. The molecule has 118 valence electrons. The predicted molar refractivity (Wildman–Crippen MR) is 93.6 cm³/mol. The summed E-state index contributed by atoms with van der Waals surface area (Å²) in [5, 5.41) is 4.30. The summed E-state index contributed by atoms with van der Waals surface area (Å²) in [5.41, 5.74) is 8.26. The van der Waals surface area contributed by atoms with Crippen LogP contribution in [0.1, 0.15) is 41.5 Å². The summed E-state index contributed by atoms with van der Waals surface area (Å²) in [6.45, 7) is 6.05. The van der Waals surface area contributed by atoms with E-state index in [2.05, 4.69) is 54.7 Å². The van der Waals surface area contributed by atoms with Gasteiger partial charge in [0.2, 0.25) is 5.91 Å². The maximum atomic E-state index is 12.3. The molecular formula is C20H22N2O. The van der Waals surface area contributed by atoms with Crippen LogP contribution in [-0.2, 0) is 4.79 Å². The van der Waals surface area contributed by atoms with Crippen LogP contribution in [0.25, 0.3) is 0 Å². The van der Waals surface area contributed by atoms with Crippen molar-refractivity contribution in [3.05, 3.63) is 70.8 Å². The van der Waals surface area contributed by atoms with Crippen molar-refractivity contribution in [3.63, 3.8) is 0 Å². The summed E-state index contributed by atoms with van der Waals surface area (Å²) in [7, 11) is 0. The van der Waals surface area contributed by atoms with Crippen molar-refractivity contribution in [2.45, 2.75) is 33.1 Å². The molecule has 1 aliphatic rings. The molecule has 1 N–H and O–H groups in total. The Morgan fingerprint density at radius 2 is 1.87 bits per heavy atom. The summed E-state index contributed by atoms with van der Waals surface area (Å²) in [4.78, 5) is 12.3. The smallest absolute Gasteiger partial charge is 0.243 e. The lowest BCUT2D eigenvalue weighted by Gasteiger charge is -2.07. The Kier molecular flexibility index (Phi) is 4.28. The number of hydrogen-bond acceptors (Lipinski definition) is 2. The van der Waals surface area contributed by atoms with Crippen LogP contribution in [-0.4, -0.2) is 11.6 Å². The lowest BCUT2D eigenvalue weighted by atomic mass is 10.0. The molecule has 2 aromatic carbocycles. The number of nitrogens with one attached hydrogen (secondary N) is 1. The van der Waals surface area contributed by atoms with Gasteiger partial charge in [-0.25, -0.2) is 5.43 Å². The van der Waals surface area contributed by atoms with Gasteiger partial charge in [0, 0.05) is 11.5 Å². The zero-order chi connectivity index (χ0) is 16.4. The van der Waals surface area contributed by atoms with Gasteiger partial charge in [0.05, 0.1) is 5.71 Å². The molecule has 0 bridgehead atoms. The number of nitrogens with zero attached hydrogens (tertiary/aromatic N) is 1. The molecule has 0 aliphatic heterocycles. The predicted octanol–water partition coefficient (Wildman–Crippen LogP) is 3.95. The number of amides is 1. The Bertz CT molecular complexity index is 749. The van der Waals surface area contributed by atoms with Crippen molar-refractivity contribution in [3.8, 4) is 0 Å². The van der Waals surface area contributed by atoms with E-state index >= 15 is 0 Å². The zero-order valence-corrected chi connectivity index (χ0v) is 13.8. The first kappa shape index (κ1) is 15.5. The van der Waals surface area contributed by atoms with E-state index in [0.29, 0.717) is 5.92 Å². The fourth-order valence-electron chi connectivity index (χ4n) is 2.96. The van der Waals surface area contributed by atoms with Crippen LogP contribution in [0.15, 0.2) is 53.6 Å². The third kappa shape index (κ3) is 3.50. The van der Waals surface area contributed by atoms with Crippen molar-refractivity contribution in [1.29, 1.82) is 0 Å². The molecular weight excluding hydrogens is 284 g/mol. The highest BCUT2D eigenvalue weighted by atomic mass is 16.2. The molecule has 0 unspecified atom stereocenters. The van der Waals surface area contributed by atoms with Crippen LogP contribution in [0.2, 0.25) is 0 Å². The van der Waals surface area contributed by atoms with Crippen LogP contribution in [0.5, 0.6) is 0 Å². The summed E-state index contributed by atoms with van der Waals surface area (Å²) >= 11 is 0. The van der Waals surface area contributed by atoms with E-state index in [9.17, 15) is 4.79 Å². The topological polar surface area (TPSA) is 41.5 Å². The highest BCUT2D eigenvalue weighted by Crippen LogP contribution is 2.47. The number of carbonyl (C=O) groups is 1. The van der Waals surface area contributed by atoms with Gasteiger partial charge in [-0.05, 0) is 50.3 Å². The number of hydrogen-bond donors (Lipinski definition) is 1. The Hall–Kier alpha value is -2.42. The summed E-state index contributed by atoms with van der Waals surface area (Å²) in [5.74, 6) is 0.406. The molecule has 3 rings (SSSR count). The standard InChI is InChI=1S/C20H22N2O/c1-13-9-10-14(2)17(11-13)15(3)21-22-20(23)19-12-18(19)16-7-5-4-6-8-16/h4-11,18-19H,12H2,1-3H3,(H,22,23)/b21-15-/t18-,19-/m1/s1. The van der Waals surface area contributed by atoms with Crippen molar-refractivity contribution in [2.24, 2.45) is 11.0 Å². The second kappa shape index (κ2) is 6.37. The van der Waals surface area contributed by atoms with E-state index < -0.39 is 0 Å². The van der Waals surface area contributed by atoms with Crippen molar-refractivity contribution < 1.29 is 4.79 Å². The maximum Gasteiger partial charge on any atom is 0.243 e. The first-order chi connectivity index (χ1) is 11.1. The summed E-state index contributed by atoms with van der Waals surface area (Å²) < 4.78 is 0. The monoisotopic (exact) mass is 306 g/mol. The Morgan fingerprint density at radius 1 is 1.13 bits per heavy atom. The van der Waals surface area contributed by atoms with Gasteiger partial charge >= 0.3 is 0 Å². The van der Waals surface area contributed by atoms with Gasteiger partial charge in [-0.2, -0.15) is 5.10 Å². The molecule has 0 saturated heterocycles. The van der Waals surface area contributed by atoms with E-state index in [1.165, 1.54) is 16.7 Å². The van der Waals surface area contributed by atoms with E-state index in [1.807, 2.05) is 25.1 Å². The SMILES string of the molecule is C/C(=N/NC(=O)[C@@H]1C[C@@H]1c1ccccc1)c1cc(C)ccc1C. The van der Waals surface area contributed by atoms with E-state index in [0.717, 1.165) is 17.7 Å². The van der Waals surface area contributed by atoms with Crippen LogP contribution in [0.4, 0.5) is 0 Å². The van der Waals surface area contributed by atoms with E-state index in [1.54, 1.807) is 0 Å². The minimum atomic E-state index is 0.0171. The molecule has 1 aliphatic carbocycles. The lowest BCUT2D eigenvalue weighted by molar-refractivity contribution is -0.122. The molecule has 23 heavy (non-hydrogen) atoms. The quantitative estimate of drug-likeness (QED) is 0.674. The number of hydrazone groups is 1. The summed E-state index contributed by atoms with van der Waals surface area (Å²) in [6.07, 6.45) is 0.911. The molecule has 1 saturated carbocycles. The van der Waals surface area contributed by atoms with Gasteiger partial charge < -0.3 is 0 Å². The van der Waals surface area contributed by atoms with Crippen LogP contribution >= 0.6 is 0 Å². The minimum Gasteiger partial charge on any atom is -0.273 e. The lowest BCUT2D eigenvalue weighted by Crippen LogP contribution is -2.21. The van der Waals surface area contributed by atoms with Crippen LogP contribution in [0, 0.1) is 19.8 Å². The highest BCUT2D eigenvalue weighted by Gasteiger charge is 2.43. The minimum absolute atomic E-state index is 0.0171. The average Bonchev–Trinajstić information content (AvgIpc) is 3.36. The molecule has 1 fully saturated rings. The number of rotatable bonds is 4. The first-order valence-electron chi connectivity index (χ1n) is 8.03. The zero-order valence-electron chi connectivity index (χ0n) is 13.8. The molecule has 0 heterocycles. The Labute approximate surface area is 137 Å². The van der Waals surface area contributed by atoms with Gasteiger partial charge in [-0.15, -0.1) is 0 Å². The highest BCUT2D eigenvalue weighted by molar-refractivity contribution is 6.00. The second-order valence-corrected chi connectivity index (χ2v) is 6.35. The fourth-order valence-corrected chi connectivity index (χ4v) is 2.96. The average molecular weight is 306 g/mol. The molecule has 0 radical (unpaired) electrons. The first-order valence-corrected chi connectivity index (χ1v) is 8.03. The number of aryl methyl sites for hydroxylation is 2. The van der Waals surface area contributed by atoms with Crippen LogP contribution < -0.4 is 5.43 Å². The van der Waals surface area contributed by atoms with E-state index in [-0.39, 0.29) is 11.8 Å². The van der Waals surface area contributed by atoms with Gasteiger partial charge in [0.15, 0.2) is 0 Å². The van der Waals surface area contributed by atoms with Gasteiger partial charge in [-0.1, -0.05) is 48.0 Å². The van der Waals surface area contributed by atoms with Gasteiger partial charge in [0.25, 0.3) is 0 Å². The molecule has 1 amide bonds. The van der Waals surface area contributed by atoms with Gasteiger partial charge in [-0.3, -0.25) is 4.79 Å². The van der Waals surface area contributed by atoms with Crippen LogP contribution in [0.3, 0.4) is 0 Å². The maximum absolute atomic E-state index is 12.3. The van der Waals surface area contributed by atoms with Crippen molar-refractivity contribution in [1.82, 2.24) is 5.43 Å². The van der Waals surface area contributed by atoms with Crippen molar-refractivity contribution in [2.75, 3.05) is 0 Å². The molecule has 0 aromatic heterocycles. The molecule has 3 nitrogen and oxygen atoms in total. The third-order valence-electron chi connectivity index (χ3n) is 4.47. The second-order valence-electron chi connectivity index (χ2n) is 6.35. The Balaban J connectivity index is 1.64. The summed E-state index contributed by atoms with van der Waals surface area (Å²) in [6, 6.07) is 16.5. The van der Waals surface area contributed by atoms with E-state index in [4.69, 9.17) is 0 Å². The number of carbonyl (C=O) groups excluding carboxylic acids is 1.